The summed E-state index contributed by atoms with van der Waals surface area (Å²) in [5.74, 6) is 1.98. The molecule has 0 aromatic rings. The summed E-state index contributed by atoms with van der Waals surface area (Å²) in [6.45, 7) is 4.78. The number of aliphatic carboxylic acids is 1. The molecule has 3 nitrogen and oxygen atoms in total. The molecule has 2 N–H and O–H groups in total. The minimum absolute atomic E-state index is 0.227. The van der Waals surface area contributed by atoms with Gasteiger partial charge >= 0.3 is 5.97 Å². The lowest BCUT2D eigenvalue weighted by molar-refractivity contribution is -0.142. The van der Waals surface area contributed by atoms with Crippen LogP contribution in [0.1, 0.15) is 33.1 Å². The Hall–Kier alpha value is -0.220. The topological polar surface area (TPSA) is 49.3 Å². The molecule has 0 bridgehead atoms. The van der Waals surface area contributed by atoms with Crippen LogP contribution in [0, 0.1) is 11.8 Å². The Morgan fingerprint density at radius 3 is 2.56 bits per heavy atom. The van der Waals surface area contributed by atoms with E-state index in [-0.39, 0.29) is 5.92 Å². The van der Waals surface area contributed by atoms with Gasteiger partial charge in [0.2, 0.25) is 0 Å². The SMILES string of the molecule is CC(C)CC(CNC1CCSCC1)C(=O)O. The van der Waals surface area contributed by atoms with Gasteiger partial charge in [-0.05, 0) is 36.7 Å². The van der Waals surface area contributed by atoms with Crippen LogP contribution in [0.4, 0.5) is 0 Å². The second-order valence-corrected chi connectivity index (χ2v) is 6.18. The highest BCUT2D eigenvalue weighted by Crippen LogP contribution is 2.18. The van der Waals surface area contributed by atoms with Crippen LogP contribution < -0.4 is 5.32 Å². The maximum atomic E-state index is 11.1. The van der Waals surface area contributed by atoms with Crippen LogP contribution in [0.3, 0.4) is 0 Å². The Labute approximate surface area is 102 Å². The molecule has 94 valence electrons. The van der Waals surface area contributed by atoms with E-state index in [1.165, 1.54) is 24.3 Å². The van der Waals surface area contributed by atoms with Gasteiger partial charge in [0.25, 0.3) is 0 Å². The summed E-state index contributed by atoms with van der Waals surface area (Å²) in [5.41, 5.74) is 0. The average Bonchev–Trinajstić information content (AvgIpc) is 2.25. The molecule has 0 spiro atoms. The monoisotopic (exact) mass is 245 g/mol. The quantitative estimate of drug-likeness (QED) is 0.753. The second-order valence-electron chi connectivity index (χ2n) is 4.96. The van der Waals surface area contributed by atoms with Crippen molar-refractivity contribution < 1.29 is 9.90 Å². The predicted molar refractivity (Wildman–Crippen MR) is 68.9 cm³/mol. The Bertz CT molecular complexity index is 215. The van der Waals surface area contributed by atoms with E-state index in [9.17, 15) is 4.79 Å². The third kappa shape index (κ3) is 5.21. The van der Waals surface area contributed by atoms with Crippen LogP contribution in [0.25, 0.3) is 0 Å². The van der Waals surface area contributed by atoms with Crippen LogP contribution >= 0.6 is 11.8 Å². The molecule has 1 saturated heterocycles. The van der Waals surface area contributed by atoms with Crippen LogP contribution in [0.2, 0.25) is 0 Å². The first-order valence-corrected chi connectivity index (χ1v) is 7.29. The second kappa shape index (κ2) is 7.17. The van der Waals surface area contributed by atoms with E-state index in [0.29, 0.717) is 18.5 Å². The van der Waals surface area contributed by atoms with Crippen molar-refractivity contribution in [2.75, 3.05) is 18.1 Å². The largest absolute Gasteiger partial charge is 0.481 e. The van der Waals surface area contributed by atoms with Crippen molar-refractivity contribution >= 4 is 17.7 Å². The molecule has 0 aromatic carbocycles. The third-order valence-electron chi connectivity index (χ3n) is 2.98. The van der Waals surface area contributed by atoms with Gasteiger partial charge in [-0.3, -0.25) is 4.79 Å². The molecule has 1 unspecified atom stereocenters. The van der Waals surface area contributed by atoms with E-state index in [2.05, 4.69) is 19.2 Å². The van der Waals surface area contributed by atoms with Gasteiger partial charge < -0.3 is 10.4 Å². The lowest BCUT2D eigenvalue weighted by Gasteiger charge is -2.24. The number of rotatable bonds is 6. The number of carboxylic acids is 1. The van der Waals surface area contributed by atoms with Crippen molar-refractivity contribution in [2.45, 2.75) is 39.2 Å². The zero-order chi connectivity index (χ0) is 12.0. The van der Waals surface area contributed by atoms with E-state index in [0.717, 1.165) is 6.42 Å². The molecule has 0 radical (unpaired) electrons. The fraction of sp³-hybridized carbons (Fsp3) is 0.917. The molecular weight excluding hydrogens is 222 g/mol. The number of hydrogen-bond donors (Lipinski definition) is 2. The van der Waals surface area contributed by atoms with Crippen molar-refractivity contribution in [1.29, 1.82) is 0 Å². The number of hydrogen-bond acceptors (Lipinski definition) is 3. The minimum Gasteiger partial charge on any atom is -0.481 e. The van der Waals surface area contributed by atoms with Gasteiger partial charge in [0, 0.05) is 12.6 Å². The fourth-order valence-corrected chi connectivity index (χ4v) is 3.16. The smallest absolute Gasteiger partial charge is 0.307 e. The van der Waals surface area contributed by atoms with Crippen molar-refractivity contribution in [2.24, 2.45) is 11.8 Å². The maximum absolute atomic E-state index is 11.1. The minimum atomic E-state index is -0.661. The van der Waals surface area contributed by atoms with E-state index in [1.807, 2.05) is 11.8 Å². The van der Waals surface area contributed by atoms with E-state index >= 15 is 0 Å². The Morgan fingerprint density at radius 2 is 2.06 bits per heavy atom. The van der Waals surface area contributed by atoms with Gasteiger partial charge in [0.05, 0.1) is 5.92 Å². The summed E-state index contributed by atoms with van der Waals surface area (Å²) in [6.07, 6.45) is 3.13. The molecular formula is C12H23NO2S. The van der Waals surface area contributed by atoms with Crippen molar-refractivity contribution in [3.63, 3.8) is 0 Å². The summed E-state index contributed by atoms with van der Waals surface area (Å²) in [6, 6.07) is 0.537. The maximum Gasteiger partial charge on any atom is 0.307 e. The first-order chi connectivity index (χ1) is 7.59. The number of carbonyl (C=O) groups is 1. The lowest BCUT2D eigenvalue weighted by atomic mass is 9.96. The number of thioether (sulfide) groups is 1. The molecule has 0 aliphatic carbocycles. The molecule has 1 atom stereocenters. The molecule has 0 amide bonds. The third-order valence-corrected chi connectivity index (χ3v) is 4.03. The zero-order valence-electron chi connectivity index (χ0n) is 10.2. The van der Waals surface area contributed by atoms with Crippen LogP contribution in [0.5, 0.6) is 0 Å². The highest BCUT2D eigenvalue weighted by molar-refractivity contribution is 7.99. The van der Waals surface area contributed by atoms with Gasteiger partial charge in [0.15, 0.2) is 0 Å². The van der Waals surface area contributed by atoms with Crippen molar-refractivity contribution in [1.82, 2.24) is 5.32 Å². The standard InChI is InChI=1S/C12H23NO2S/c1-9(2)7-10(12(14)15)8-13-11-3-5-16-6-4-11/h9-11,13H,3-8H2,1-2H3,(H,14,15). The Kier molecular flexibility index (Phi) is 6.21. The van der Waals surface area contributed by atoms with Gasteiger partial charge in [-0.2, -0.15) is 11.8 Å². The predicted octanol–water partition coefficient (Wildman–Crippen LogP) is 2.22. The first kappa shape index (κ1) is 13.8. The summed E-state index contributed by atoms with van der Waals surface area (Å²) < 4.78 is 0. The highest BCUT2D eigenvalue weighted by Gasteiger charge is 2.21. The van der Waals surface area contributed by atoms with Crippen LogP contribution in [0.15, 0.2) is 0 Å². The van der Waals surface area contributed by atoms with Gasteiger partial charge in [-0.1, -0.05) is 13.8 Å². The molecule has 1 rings (SSSR count). The Morgan fingerprint density at radius 1 is 1.44 bits per heavy atom. The van der Waals surface area contributed by atoms with E-state index in [4.69, 9.17) is 5.11 Å². The summed E-state index contributed by atoms with van der Waals surface area (Å²) in [5, 5.41) is 12.5. The molecule has 1 aliphatic heterocycles. The van der Waals surface area contributed by atoms with Gasteiger partial charge in [-0.25, -0.2) is 0 Å². The zero-order valence-corrected chi connectivity index (χ0v) is 11.1. The normalized spacial score (nSPS) is 19.9. The van der Waals surface area contributed by atoms with Crippen molar-refractivity contribution in [3.05, 3.63) is 0 Å². The van der Waals surface area contributed by atoms with Crippen molar-refractivity contribution in [3.8, 4) is 0 Å². The van der Waals surface area contributed by atoms with E-state index in [1.54, 1.807) is 0 Å². The number of nitrogens with one attached hydrogen (secondary N) is 1. The summed E-state index contributed by atoms with van der Waals surface area (Å²) in [7, 11) is 0. The molecule has 0 aromatic heterocycles. The van der Waals surface area contributed by atoms with Crippen LogP contribution in [-0.4, -0.2) is 35.2 Å². The fourth-order valence-electron chi connectivity index (χ4n) is 2.05. The molecule has 1 fully saturated rings. The first-order valence-electron chi connectivity index (χ1n) is 6.13. The molecule has 4 heteroatoms. The molecule has 1 heterocycles. The summed E-state index contributed by atoms with van der Waals surface area (Å²) >= 11 is 1.99. The van der Waals surface area contributed by atoms with E-state index < -0.39 is 5.97 Å². The lowest BCUT2D eigenvalue weighted by Crippen LogP contribution is -2.38. The number of carboxylic acid groups (broad SMARTS) is 1. The van der Waals surface area contributed by atoms with Gasteiger partial charge in [0.1, 0.15) is 0 Å². The molecule has 16 heavy (non-hydrogen) atoms. The highest BCUT2D eigenvalue weighted by atomic mass is 32.2. The average molecular weight is 245 g/mol. The molecule has 0 saturated carbocycles. The summed E-state index contributed by atoms with van der Waals surface area (Å²) in [4.78, 5) is 11.1. The van der Waals surface area contributed by atoms with Crippen LogP contribution in [-0.2, 0) is 4.79 Å². The Balaban J connectivity index is 2.28. The van der Waals surface area contributed by atoms with Gasteiger partial charge in [-0.15, -0.1) is 0 Å². The molecule has 1 aliphatic rings.